The van der Waals surface area contributed by atoms with Gasteiger partial charge in [0.25, 0.3) is 0 Å². The van der Waals surface area contributed by atoms with E-state index in [4.69, 9.17) is 14.0 Å². The van der Waals surface area contributed by atoms with Gasteiger partial charge in [-0.2, -0.15) is 0 Å². The molecule has 114 valence electrons. The van der Waals surface area contributed by atoms with E-state index in [9.17, 15) is 4.79 Å². The minimum Gasteiger partial charge on any atom is -0.458 e. The molecule has 0 aliphatic carbocycles. The Morgan fingerprint density at radius 2 is 1.76 bits per heavy atom. The topological polar surface area (TPSA) is 44.8 Å². The summed E-state index contributed by atoms with van der Waals surface area (Å²) in [6, 6.07) is 7.79. The molecule has 1 atom stereocenters. The summed E-state index contributed by atoms with van der Waals surface area (Å²) in [5, 5.41) is 0. The molecule has 2 rings (SSSR count). The smallest absolute Gasteiger partial charge is 0.458 e. The maximum atomic E-state index is 11.1. The fraction of sp³-hybridized carbons (Fsp3) is 0.562. The molecule has 4 nitrogen and oxygen atoms in total. The zero-order chi connectivity index (χ0) is 15.8. The molecular formula is C16H23BO4. The lowest BCUT2D eigenvalue weighted by Gasteiger charge is -2.32. The number of hydrogen-bond acceptors (Lipinski definition) is 4. The van der Waals surface area contributed by atoms with Crippen LogP contribution < -0.4 is 5.46 Å². The number of ether oxygens (including phenoxy) is 1. The fourth-order valence-corrected chi connectivity index (χ4v) is 2.25. The van der Waals surface area contributed by atoms with Crippen molar-refractivity contribution >= 4 is 18.6 Å². The third kappa shape index (κ3) is 3.30. The van der Waals surface area contributed by atoms with Crippen LogP contribution in [0.15, 0.2) is 24.3 Å². The number of carbonyl (C=O) groups is 1. The van der Waals surface area contributed by atoms with Crippen LogP contribution in [0, 0.1) is 0 Å². The standard InChI is InChI=1S/C16H23BO4/c1-11(19-12(2)18)13-8-7-9-14(10-13)17-20-15(3,4)16(5,6)21-17/h7-11H,1-6H3/t11-/m1/s1. The Bertz CT molecular complexity index is 523. The molecule has 0 saturated carbocycles. The highest BCUT2D eigenvalue weighted by Gasteiger charge is 2.51. The van der Waals surface area contributed by atoms with Gasteiger partial charge in [-0.1, -0.05) is 24.3 Å². The van der Waals surface area contributed by atoms with Gasteiger partial charge >= 0.3 is 13.1 Å². The summed E-state index contributed by atoms with van der Waals surface area (Å²) in [5.74, 6) is -0.288. The van der Waals surface area contributed by atoms with Gasteiger partial charge < -0.3 is 14.0 Å². The molecule has 0 N–H and O–H groups in total. The molecule has 1 aliphatic heterocycles. The van der Waals surface area contributed by atoms with Crippen LogP contribution in [0.4, 0.5) is 0 Å². The summed E-state index contributed by atoms with van der Waals surface area (Å²) < 4.78 is 17.3. The molecule has 0 bridgehead atoms. The average molecular weight is 290 g/mol. The number of carbonyl (C=O) groups excluding carboxylic acids is 1. The monoisotopic (exact) mass is 290 g/mol. The van der Waals surface area contributed by atoms with Crippen LogP contribution in [0.25, 0.3) is 0 Å². The lowest BCUT2D eigenvalue weighted by molar-refractivity contribution is -0.145. The van der Waals surface area contributed by atoms with Crippen LogP contribution in [0.2, 0.25) is 0 Å². The SMILES string of the molecule is CC(=O)O[C@H](C)c1cccc(B2OC(C)(C)C(C)(C)O2)c1. The minimum absolute atomic E-state index is 0.287. The Balaban J connectivity index is 2.21. The van der Waals surface area contributed by atoms with Crippen LogP contribution in [0.5, 0.6) is 0 Å². The summed E-state index contributed by atoms with van der Waals surface area (Å²) in [6.45, 7) is 11.4. The second-order valence-electron chi connectivity index (χ2n) is 6.51. The number of esters is 1. The van der Waals surface area contributed by atoms with Crippen molar-refractivity contribution in [3.63, 3.8) is 0 Å². The summed E-state index contributed by atoms with van der Waals surface area (Å²) in [5.41, 5.74) is 1.13. The average Bonchev–Trinajstić information content (AvgIpc) is 2.58. The van der Waals surface area contributed by atoms with Crippen LogP contribution in [-0.4, -0.2) is 24.3 Å². The first-order chi connectivity index (χ1) is 9.62. The van der Waals surface area contributed by atoms with E-state index >= 15 is 0 Å². The predicted octanol–water partition coefficient (Wildman–Crippen LogP) is 2.61. The van der Waals surface area contributed by atoms with Gasteiger partial charge in [-0.05, 0) is 45.6 Å². The molecule has 1 saturated heterocycles. The van der Waals surface area contributed by atoms with E-state index in [1.54, 1.807) is 0 Å². The zero-order valence-corrected chi connectivity index (χ0v) is 13.6. The molecule has 1 aromatic carbocycles. The maximum Gasteiger partial charge on any atom is 0.494 e. The fourth-order valence-electron chi connectivity index (χ4n) is 2.25. The van der Waals surface area contributed by atoms with Gasteiger partial charge in [0, 0.05) is 6.92 Å². The van der Waals surface area contributed by atoms with E-state index in [1.165, 1.54) is 6.92 Å². The van der Waals surface area contributed by atoms with Gasteiger partial charge in [0.2, 0.25) is 0 Å². The molecule has 0 aromatic heterocycles. The van der Waals surface area contributed by atoms with Crippen molar-refractivity contribution in [1.82, 2.24) is 0 Å². The Kier molecular flexibility index (Phi) is 4.18. The van der Waals surface area contributed by atoms with E-state index in [0.29, 0.717) is 0 Å². The van der Waals surface area contributed by atoms with Crippen LogP contribution >= 0.6 is 0 Å². The van der Waals surface area contributed by atoms with Gasteiger partial charge in [0.15, 0.2) is 0 Å². The summed E-state index contributed by atoms with van der Waals surface area (Å²) in [4.78, 5) is 11.1. The Morgan fingerprint density at radius 1 is 1.19 bits per heavy atom. The minimum atomic E-state index is -0.403. The lowest BCUT2D eigenvalue weighted by atomic mass is 9.78. The molecule has 5 heteroatoms. The molecule has 1 aromatic rings. The summed E-state index contributed by atoms with van der Waals surface area (Å²) in [6.07, 6.45) is -0.287. The van der Waals surface area contributed by atoms with Crippen molar-refractivity contribution in [3.8, 4) is 0 Å². The Labute approximate surface area is 126 Å². The van der Waals surface area contributed by atoms with Crippen molar-refractivity contribution in [2.24, 2.45) is 0 Å². The highest BCUT2D eigenvalue weighted by atomic mass is 16.7. The van der Waals surface area contributed by atoms with Gasteiger partial charge in [-0.15, -0.1) is 0 Å². The normalized spacial score (nSPS) is 21.1. The van der Waals surface area contributed by atoms with Gasteiger partial charge in [-0.25, -0.2) is 0 Å². The van der Waals surface area contributed by atoms with E-state index in [0.717, 1.165) is 11.0 Å². The van der Waals surface area contributed by atoms with Crippen LogP contribution in [0.3, 0.4) is 0 Å². The number of hydrogen-bond donors (Lipinski definition) is 0. The molecule has 1 heterocycles. The van der Waals surface area contributed by atoms with E-state index < -0.39 is 7.12 Å². The molecule has 21 heavy (non-hydrogen) atoms. The second-order valence-corrected chi connectivity index (χ2v) is 6.51. The molecule has 0 unspecified atom stereocenters. The molecule has 1 fully saturated rings. The first-order valence-electron chi connectivity index (χ1n) is 7.25. The van der Waals surface area contributed by atoms with Crippen LogP contribution in [-0.2, 0) is 18.8 Å². The highest BCUT2D eigenvalue weighted by Crippen LogP contribution is 2.36. The van der Waals surface area contributed by atoms with Crippen molar-refractivity contribution in [2.75, 3.05) is 0 Å². The first-order valence-corrected chi connectivity index (χ1v) is 7.25. The van der Waals surface area contributed by atoms with Crippen molar-refractivity contribution in [2.45, 2.75) is 58.8 Å². The third-order valence-corrected chi connectivity index (χ3v) is 4.25. The Morgan fingerprint density at radius 3 is 2.29 bits per heavy atom. The van der Waals surface area contributed by atoms with Crippen molar-refractivity contribution in [1.29, 1.82) is 0 Å². The maximum absolute atomic E-state index is 11.1. The van der Waals surface area contributed by atoms with Crippen molar-refractivity contribution in [3.05, 3.63) is 29.8 Å². The highest BCUT2D eigenvalue weighted by molar-refractivity contribution is 6.62. The molecular weight excluding hydrogens is 267 g/mol. The van der Waals surface area contributed by atoms with Crippen molar-refractivity contribution < 1.29 is 18.8 Å². The molecule has 0 spiro atoms. The first kappa shape index (κ1) is 16.1. The predicted molar refractivity (Wildman–Crippen MR) is 82.3 cm³/mol. The third-order valence-electron chi connectivity index (χ3n) is 4.25. The second kappa shape index (κ2) is 5.46. The molecule has 0 radical (unpaired) electrons. The van der Waals surface area contributed by atoms with Gasteiger partial charge in [-0.3, -0.25) is 4.79 Å². The van der Waals surface area contributed by atoms with Gasteiger partial charge in [0.05, 0.1) is 11.2 Å². The summed E-state index contributed by atoms with van der Waals surface area (Å²) in [7, 11) is -0.403. The lowest BCUT2D eigenvalue weighted by Crippen LogP contribution is -2.41. The van der Waals surface area contributed by atoms with Gasteiger partial charge in [0.1, 0.15) is 6.10 Å². The quantitative estimate of drug-likeness (QED) is 0.634. The zero-order valence-electron chi connectivity index (χ0n) is 13.6. The van der Waals surface area contributed by atoms with Crippen LogP contribution in [0.1, 0.15) is 53.2 Å². The molecule has 0 amide bonds. The number of benzene rings is 1. The van der Waals surface area contributed by atoms with E-state index in [-0.39, 0.29) is 23.3 Å². The number of rotatable bonds is 3. The van der Waals surface area contributed by atoms with E-state index in [2.05, 4.69) is 0 Å². The van der Waals surface area contributed by atoms with E-state index in [1.807, 2.05) is 58.9 Å². The largest absolute Gasteiger partial charge is 0.494 e. The molecule has 1 aliphatic rings. The Hall–Kier alpha value is -1.33. The summed E-state index contributed by atoms with van der Waals surface area (Å²) >= 11 is 0.